The topological polar surface area (TPSA) is 51.2 Å². The van der Waals surface area contributed by atoms with E-state index >= 15 is 0 Å². The molecule has 1 N–H and O–H groups in total. The van der Waals surface area contributed by atoms with E-state index in [9.17, 15) is 4.79 Å². The highest BCUT2D eigenvalue weighted by Crippen LogP contribution is 2.24. The second-order valence-corrected chi connectivity index (χ2v) is 3.83. The van der Waals surface area contributed by atoms with Gasteiger partial charge in [-0.05, 0) is 18.2 Å². The van der Waals surface area contributed by atoms with Gasteiger partial charge in [0.15, 0.2) is 0 Å². The second kappa shape index (κ2) is 5.82. The number of pyridine rings is 1. The average molecular weight is 242 g/mol. The Morgan fingerprint density at radius 3 is 2.83 bits per heavy atom. The van der Waals surface area contributed by atoms with Gasteiger partial charge in [-0.2, -0.15) is 0 Å². The zero-order valence-electron chi connectivity index (χ0n) is 10.1. The first-order valence-corrected chi connectivity index (χ1v) is 5.64. The summed E-state index contributed by atoms with van der Waals surface area (Å²) in [4.78, 5) is 15.1. The van der Waals surface area contributed by atoms with Gasteiger partial charge < -0.3 is 10.1 Å². The Kier molecular flexibility index (Phi) is 3.91. The van der Waals surface area contributed by atoms with Crippen molar-refractivity contribution >= 4 is 11.6 Å². The lowest BCUT2D eigenvalue weighted by Gasteiger charge is -2.11. The van der Waals surface area contributed by atoms with Crippen LogP contribution in [0.15, 0.2) is 48.8 Å². The fourth-order valence-corrected chi connectivity index (χ4v) is 1.53. The Morgan fingerprint density at radius 1 is 1.28 bits per heavy atom. The van der Waals surface area contributed by atoms with E-state index in [0.29, 0.717) is 18.0 Å². The van der Waals surface area contributed by atoms with E-state index in [2.05, 4.69) is 10.3 Å². The maximum Gasteiger partial charge on any atom is 0.221 e. The zero-order valence-corrected chi connectivity index (χ0v) is 10.1. The Bertz CT molecular complexity index is 526. The van der Waals surface area contributed by atoms with Crippen molar-refractivity contribution in [1.82, 2.24) is 4.98 Å². The van der Waals surface area contributed by atoms with Crippen LogP contribution in [0, 0.1) is 0 Å². The van der Waals surface area contributed by atoms with Crippen molar-refractivity contribution in [3.63, 3.8) is 0 Å². The van der Waals surface area contributed by atoms with E-state index in [1.165, 1.54) is 6.92 Å². The summed E-state index contributed by atoms with van der Waals surface area (Å²) in [5, 5.41) is 2.73. The molecular weight excluding hydrogens is 228 g/mol. The predicted molar refractivity (Wildman–Crippen MR) is 69.3 cm³/mol. The van der Waals surface area contributed by atoms with E-state index in [4.69, 9.17) is 4.74 Å². The summed E-state index contributed by atoms with van der Waals surface area (Å²) in [5.74, 6) is 0.531. The number of carbonyl (C=O) groups excluding carboxylic acids is 1. The van der Waals surface area contributed by atoms with E-state index in [-0.39, 0.29) is 5.91 Å². The van der Waals surface area contributed by atoms with Gasteiger partial charge in [0, 0.05) is 24.9 Å². The van der Waals surface area contributed by atoms with Crippen molar-refractivity contribution in [1.29, 1.82) is 0 Å². The predicted octanol–water partition coefficient (Wildman–Crippen LogP) is 2.62. The molecule has 0 radical (unpaired) electrons. The Morgan fingerprint density at radius 2 is 2.11 bits per heavy atom. The van der Waals surface area contributed by atoms with Gasteiger partial charge in [0.1, 0.15) is 12.4 Å². The molecule has 0 fully saturated rings. The summed E-state index contributed by atoms with van der Waals surface area (Å²) in [6.45, 7) is 1.89. The number of rotatable bonds is 4. The number of anilines is 1. The SMILES string of the molecule is CC(=O)Nc1ccccc1OCc1cccnc1. The molecule has 2 rings (SSSR count). The van der Waals surface area contributed by atoms with Crippen molar-refractivity contribution < 1.29 is 9.53 Å². The highest BCUT2D eigenvalue weighted by Gasteiger charge is 2.04. The van der Waals surface area contributed by atoms with E-state index in [1.54, 1.807) is 18.5 Å². The standard InChI is InChI=1S/C14H14N2O2/c1-11(17)16-13-6-2-3-7-14(13)18-10-12-5-4-8-15-9-12/h2-9H,10H2,1H3,(H,16,17). The normalized spacial score (nSPS) is 9.83. The first kappa shape index (κ1) is 12.1. The number of ether oxygens (including phenoxy) is 1. The van der Waals surface area contributed by atoms with Gasteiger partial charge in [0.25, 0.3) is 0 Å². The number of para-hydroxylation sites is 2. The fourth-order valence-electron chi connectivity index (χ4n) is 1.53. The van der Waals surface area contributed by atoms with Gasteiger partial charge in [-0.25, -0.2) is 0 Å². The van der Waals surface area contributed by atoms with Gasteiger partial charge in [0.2, 0.25) is 5.91 Å². The minimum Gasteiger partial charge on any atom is -0.487 e. The number of hydrogen-bond acceptors (Lipinski definition) is 3. The molecule has 0 aliphatic rings. The third-order valence-corrected chi connectivity index (χ3v) is 2.31. The minimum absolute atomic E-state index is 0.118. The summed E-state index contributed by atoms with van der Waals surface area (Å²) in [6.07, 6.45) is 3.47. The maximum absolute atomic E-state index is 11.1. The zero-order chi connectivity index (χ0) is 12.8. The molecule has 0 saturated heterocycles. The number of carbonyl (C=O) groups is 1. The van der Waals surface area contributed by atoms with Crippen LogP contribution in [-0.4, -0.2) is 10.9 Å². The largest absolute Gasteiger partial charge is 0.487 e. The molecule has 1 amide bonds. The molecule has 1 aromatic carbocycles. The highest BCUT2D eigenvalue weighted by molar-refractivity contribution is 5.90. The third kappa shape index (κ3) is 3.31. The number of nitrogens with one attached hydrogen (secondary N) is 1. The molecule has 4 heteroatoms. The van der Waals surface area contributed by atoms with Crippen molar-refractivity contribution in [3.05, 3.63) is 54.4 Å². The molecule has 18 heavy (non-hydrogen) atoms. The van der Waals surface area contributed by atoms with Crippen LogP contribution < -0.4 is 10.1 Å². The molecule has 0 atom stereocenters. The lowest BCUT2D eigenvalue weighted by Crippen LogP contribution is -2.07. The average Bonchev–Trinajstić information content (AvgIpc) is 2.38. The smallest absolute Gasteiger partial charge is 0.221 e. The number of aromatic nitrogens is 1. The molecule has 92 valence electrons. The minimum atomic E-state index is -0.118. The molecule has 4 nitrogen and oxygen atoms in total. The molecule has 0 saturated carbocycles. The lowest BCUT2D eigenvalue weighted by atomic mass is 10.2. The van der Waals surface area contributed by atoms with Crippen LogP contribution in [0.2, 0.25) is 0 Å². The van der Waals surface area contributed by atoms with Crippen molar-refractivity contribution in [2.24, 2.45) is 0 Å². The van der Waals surface area contributed by atoms with E-state index < -0.39 is 0 Å². The van der Waals surface area contributed by atoms with Crippen LogP contribution in [0.1, 0.15) is 12.5 Å². The summed E-state index contributed by atoms with van der Waals surface area (Å²) in [7, 11) is 0. The number of hydrogen-bond donors (Lipinski definition) is 1. The van der Waals surface area contributed by atoms with Crippen molar-refractivity contribution in [2.45, 2.75) is 13.5 Å². The first-order chi connectivity index (χ1) is 8.75. The number of nitrogens with zero attached hydrogens (tertiary/aromatic N) is 1. The molecule has 0 aliphatic carbocycles. The van der Waals surface area contributed by atoms with Gasteiger partial charge in [-0.1, -0.05) is 18.2 Å². The van der Waals surface area contributed by atoms with E-state index in [0.717, 1.165) is 5.56 Å². The Balaban J connectivity index is 2.07. The number of benzene rings is 1. The van der Waals surface area contributed by atoms with Gasteiger partial charge in [-0.3, -0.25) is 9.78 Å². The Hall–Kier alpha value is -2.36. The molecule has 0 spiro atoms. The van der Waals surface area contributed by atoms with Crippen LogP contribution in [0.3, 0.4) is 0 Å². The second-order valence-electron chi connectivity index (χ2n) is 3.83. The fraction of sp³-hybridized carbons (Fsp3) is 0.143. The molecular formula is C14H14N2O2. The summed E-state index contributed by atoms with van der Waals surface area (Å²) < 4.78 is 5.67. The summed E-state index contributed by atoms with van der Waals surface area (Å²) in [5.41, 5.74) is 1.66. The van der Waals surface area contributed by atoms with Crippen LogP contribution in [0.5, 0.6) is 5.75 Å². The van der Waals surface area contributed by atoms with Gasteiger partial charge >= 0.3 is 0 Å². The van der Waals surface area contributed by atoms with Crippen LogP contribution in [-0.2, 0) is 11.4 Å². The Labute approximate surface area is 106 Å². The lowest BCUT2D eigenvalue weighted by molar-refractivity contribution is -0.114. The monoisotopic (exact) mass is 242 g/mol. The summed E-state index contributed by atoms with van der Waals surface area (Å²) >= 11 is 0. The van der Waals surface area contributed by atoms with Crippen molar-refractivity contribution in [3.8, 4) is 5.75 Å². The highest BCUT2D eigenvalue weighted by atomic mass is 16.5. The van der Waals surface area contributed by atoms with Crippen LogP contribution in [0.4, 0.5) is 5.69 Å². The van der Waals surface area contributed by atoms with Gasteiger partial charge in [0.05, 0.1) is 5.69 Å². The molecule has 1 aromatic heterocycles. The van der Waals surface area contributed by atoms with Gasteiger partial charge in [-0.15, -0.1) is 0 Å². The molecule has 0 aliphatic heterocycles. The first-order valence-electron chi connectivity index (χ1n) is 5.64. The van der Waals surface area contributed by atoms with Crippen molar-refractivity contribution in [2.75, 3.05) is 5.32 Å². The number of amides is 1. The molecule has 2 aromatic rings. The quantitative estimate of drug-likeness (QED) is 0.896. The maximum atomic E-state index is 11.1. The van der Waals surface area contributed by atoms with E-state index in [1.807, 2.05) is 30.3 Å². The van der Waals surface area contributed by atoms with Crippen LogP contribution >= 0.6 is 0 Å². The molecule has 1 heterocycles. The summed E-state index contributed by atoms with van der Waals surface area (Å²) in [6, 6.07) is 11.1. The third-order valence-electron chi connectivity index (χ3n) is 2.31. The molecule has 0 unspecified atom stereocenters. The van der Waals surface area contributed by atoms with Crippen LogP contribution in [0.25, 0.3) is 0 Å². The molecule has 0 bridgehead atoms.